The molecule has 1 fully saturated rings. The summed E-state index contributed by atoms with van der Waals surface area (Å²) in [4.78, 5) is 0. The van der Waals surface area contributed by atoms with Gasteiger partial charge in [-0.25, -0.2) is 0 Å². The third-order valence-electron chi connectivity index (χ3n) is 3.31. The fourth-order valence-electron chi connectivity index (χ4n) is 2.15. The number of hydrogen-bond acceptors (Lipinski definition) is 2. The van der Waals surface area contributed by atoms with Crippen LogP contribution in [-0.4, -0.2) is 18.1 Å². The summed E-state index contributed by atoms with van der Waals surface area (Å²) in [5.41, 5.74) is 0.623. The Kier molecular flexibility index (Phi) is 3.03. The van der Waals surface area contributed by atoms with Crippen molar-refractivity contribution in [2.24, 2.45) is 0 Å². The molecule has 0 aromatic heterocycles. The van der Waals surface area contributed by atoms with E-state index in [4.69, 9.17) is 0 Å². The zero-order valence-corrected chi connectivity index (χ0v) is 9.13. The van der Waals surface area contributed by atoms with Gasteiger partial charge in [0.05, 0.1) is 6.61 Å². The maximum absolute atomic E-state index is 12.0. The minimum Gasteiger partial charge on any atom is -0.406 e. The molecule has 1 aromatic carbocycles. The number of aliphatic hydroxyl groups is 1. The lowest BCUT2D eigenvalue weighted by Gasteiger charge is -2.40. The molecule has 0 bridgehead atoms. The third kappa shape index (κ3) is 2.54. The monoisotopic (exact) mass is 246 g/mol. The summed E-state index contributed by atoms with van der Waals surface area (Å²) in [6.45, 7) is 0.0342. The quantitative estimate of drug-likeness (QED) is 0.888. The number of aliphatic hydroxyl groups excluding tert-OH is 1. The lowest BCUT2D eigenvalue weighted by atomic mass is 9.65. The van der Waals surface area contributed by atoms with Crippen LogP contribution in [0.1, 0.15) is 24.8 Å². The molecule has 0 heterocycles. The first-order valence-electron chi connectivity index (χ1n) is 5.42. The number of hydrogen-bond donors (Lipinski definition) is 1. The van der Waals surface area contributed by atoms with E-state index in [0.717, 1.165) is 24.8 Å². The highest BCUT2D eigenvalue weighted by atomic mass is 19.4. The van der Waals surface area contributed by atoms with Crippen molar-refractivity contribution in [1.82, 2.24) is 0 Å². The summed E-state index contributed by atoms with van der Waals surface area (Å²) < 4.78 is 39.7. The lowest BCUT2D eigenvalue weighted by Crippen LogP contribution is -2.37. The normalized spacial score (nSPS) is 18.6. The van der Waals surface area contributed by atoms with Gasteiger partial charge >= 0.3 is 6.36 Å². The second kappa shape index (κ2) is 4.22. The summed E-state index contributed by atoms with van der Waals surface area (Å²) in [6, 6.07) is 5.77. The zero-order valence-electron chi connectivity index (χ0n) is 9.13. The van der Waals surface area contributed by atoms with E-state index in [2.05, 4.69) is 4.74 Å². The number of benzene rings is 1. The smallest absolute Gasteiger partial charge is 0.406 e. The van der Waals surface area contributed by atoms with Crippen molar-refractivity contribution in [3.05, 3.63) is 29.8 Å². The molecule has 0 amide bonds. The van der Waals surface area contributed by atoms with E-state index >= 15 is 0 Å². The first kappa shape index (κ1) is 12.2. The Labute approximate surface area is 97.0 Å². The molecule has 0 atom stereocenters. The van der Waals surface area contributed by atoms with Crippen LogP contribution in [0.4, 0.5) is 13.2 Å². The number of rotatable bonds is 3. The second-order valence-corrected chi connectivity index (χ2v) is 4.36. The Balaban J connectivity index is 2.13. The van der Waals surface area contributed by atoms with Gasteiger partial charge in [-0.15, -0.1) is 13.2 Å². The highest BCUT2D eigenvalue weighted by Crippen LogP contribution is 2.43. The summed E-state index contributed by atoms with van der Waals surface area (Å²) in [6.07, 6.45) is -1.86. The van der Waals surface area contributed by atoms with Crippen LogP contribution in [0.2, 0.25) is 0 Å². The Morgan fingerprint density at radius 3 is 2.12 bits per heavy atom. The van der Waals surface area contributed by atoms with Crippen LogP contribution < -0.4 is 4.74 Å². The van der Waals surface area contributed by atoms with Gasteiger partial charge in [0.25, 0.3) is 0 Å². The fourth-order valence-corrected chi connectivity index (χ4v) is 2.15. The van der Waals surface area contributed by atoms with Crippen LogP contribution in [0.5, 0.6) is 5.75 Å². The summed E-state index contributed by atoms with van der Waals surface area (Å²) >= 11 is 0. The first-order valence-corrected chi connectivity index (χ1v) is 5.42. The van der Waals surface area contributed by atoms with Gasteiger partial charge in [-0.1, -0.05) is 18.6 Å². The van der Waals surface area contributed by atoms with Crippen LogP contribution in [0.3, 0.4) is 0 Å². The van der Waals surface area contributed by atoms with Gasteiger partial charge in [0.15, 0.2) is 0 Å². The predicted molar refractivity (Wildman–Crippen MR) is 55.7 cm³/mol. The first-order chi connectivity index (χ1) is 7.95. The molecular weight excluding hydrogens is 233 g/mol. The van der Waals surface area contributed by atoms with E-state index in [9.17, 15) is 18.3 Å². The average Bonchev–Trinajstić information content (AvgIpc) is 2.17. The molecule has 17 heavy (non-hydrogen) atoms. The van der Waals surface area contributed by atoms with Crippen molar-refractivity contribution in [3.63, 3.8) is 0 Å². The highest BCUT2D eigenvalue weighted by molar-refractivity contribution is 5.34. The van der Waals surface area contributed by atoms with Crippen molar-refractivity contribution in [1.29, 1.82) is 0 Å². The Morgan fingerprint density at radius 2 is 1.76 bits per heavy atom. The molecule has 1 aliphatic rings. The molecule has 0 saturated heterocycles. The molecule has 1 N–H and O–H groups in total. The minimum absolute atomic E-state index is 0.0342. The topological polar surface area (TPSA) is 29.5 Å². The molecule has 0 unspecified atom stereocenters. The molecule has 1 aliphatic carbocycles. The average molecular weight is 246 g/mol. The van der Waals surface area contributed by atoms with Gasteiger partial charge in [-0.3, -0.25) is 0 Å². The van der Waals surface area contributed by atoms with Crippen LogP contribution in [0, 0.1) is 0 Å². The van der Waals surface area contributed by atoms with E-state index in [1.165, 1.54) is 12.1 Å². The van der Waals surface area contributed by atoms with E-state index < -0.39 is 6.36 Å². The van der Waals surface area contributed by atoms with Gasteiger partial charge in [0, 0.05) is 5.41 Å². The highest BCUT2D eigenvalue weighted by Gasteiger charge is 2.38. The Bertz CT molecular complexity index is 374. The van der Waals surface area contributed by atoms with Crippen molar-refractivity contribution in [2.75, 3.05) is 6.61 Å². The van der Waals surface area contributed by atoms with E-state index in [1.807, 2.05) is 0 Å². The van der Waals surface area contributed by atoms with Crippen molar-refractivity contribution in [2.45, 2.75) is 31.0 Å². The van der Waals surface area contributed by atoms with Gasteiger partial charge < -0.3 is 9.84 Å². The summed E-state index contributed by atoms with van der Waals surface area (Å²) in [7, 11) is 0. The predicted octanol–water partition coefficient (Wildman–Crippen LogP) is 3.00. The molecule has 1 aromatic rings. The largest absolute Gasteiger partial charge is 0.573 e. The van der Waals surface area contributed by atoms with Gasteiger partial charge in [0.1, 0.15) is 5.75 Å². The van der Waals surface area contributed by atoms with Gasteiger partial charge in [-0.2, -0.15) is 0 Å². The molecule has 0 aliphatic heterocycles. The third-order valence-corrected chi connectivity index (χ3v) is 3.31. The van der Waals surface area contributed by atoms with E-state index in [0.29, 0.717) is 0 Å². The molecule has 0 radical (unpaired) electrons. The SMILES string of the molecule is OCC1(c2ccc(OC(F)(F)F)cc2)CCC1. The molecule has 0 spiro atoms. The van der Waals surface area contributed by atoms with Crippen molar-refractivity contribution in [3.8, 4) is 5.75 Å². The standard InChI is InChI=1S/C12H13F3O2/c13-12(14,15)17-10-4-2-9(3-5-10)11(8-16)6-1-7-11/h2-5,16H,1,6-8H2. The molecule has 1 saturated carbocycles. The van der Waals surface area contributed by atoms with Crippen LogP contribution >= 0.6 is 0 Å². The number of halogens is 3. The molecule has 94 valence electrons. The summed E-state index contributed by atoms with van der Waals surface area (Å²) in [5, 5.41) is 9.33. The maximum Gasteiger partial charge on any atom is 0.573 e. The zero-order chi connectivity index (χ0) is 12.5. The van der Waals surface area contributed by atoms with Crippen LogP contribution in [0.15, 0.2) is 24.3 Å². The minimum atomic E-state index is -4.66. The molecular formula is C12H13F3O2. The number of ether oxygens (including phenoxy) is 1. The molecule has 5 heteroatoms. The Morgan fingerprint density at radius 1 is 1.18 bits per heavy atom. The molecule has 2 rings (SSSR count). The van der Waals surface area contributed by atoms with E-state index in [-0.39, 0.29) is 17.8 Å². The van der Waals surface area contributed by atoms with Crippen molar-refractivity contribution < 1.29 is 23.0 Å². The summed E-state index contributed by atoms with van der Waals surface area (Å²) in [5.74, 6) is -0.228. The fraction of sp³-hybridized carbons (Fsp3) is 0.500. The van der Waals surface area contributed by atoms with Crippen molar-refractivity contribution >= 4 is 0 Å². The Hall–Kier alpha value is -1.23. The van der Waals surface area contributed by atoms with Crippen LogP contribution in [-0.2, 0) is 5.41 Å². The number of alkyl halides is 3. The van der Waals surface area contributed by atoms with E-state index in [1.54, 1.807) is 12.1 Å². The lowest BCUT2D eigenvalue weighted by molar-refractivity contribution is -0.274. The van der Waals surface area contributed by atoms with Gasteiger partial charge in [0.2, 0.25) is 0 Å². The second-order valence-electron chi connectivity index (χ2n) is 4.36. The van der Waals surface area contributed by atoms with Gasteiger partial charge in [-0.05, 0) is 30.5 Å². The van der Waals surface area contributed by atoms with Crippen LogP contribution in [0.25, 0.3) is 0 Å². The maximum atomic E-state index is 12.0. The molecule has 2 nitrogen and oxygen atoms in total.